The summed E-state index contributed by atoms with van der Waals surface area (Å²) in [6.45, 7) is 0. The number of anilines is 1. The van der Waals surface area contributed by atoms with E-state index in [4.69, 9.17) is 17.3 Å². The van der Waals surface area contributed by atoms with Crippen molar-refractivity contribution < 1.29 is 0 Å². The van der Waals surface area contributed by atoms with E-state index in [1.807, 2.05) is 0 Å². The molecule has 1 aliphatic carbocycles. The first-order chi connectivity index (χ1) is 8.10. The van der Waals surface area contributed by atoms with Gasteiger partial charge in [0.05, 0.1) is 11.7 Å². The first-order valence-electron chi connectivity index (χ1n) is 5.41. The summed E-state index contributed by atoms with van der Waals surface area (Å²) in [6.07, 6.45) is 4.66. The normalized spacial score (nSPS) is 17.9. The maximum atomic E-state index is 6.17. The lowest BCUT2D eigenvalue weighted by Gasteiger charge is -2.35. The Bertz CT molecular complexity index is 549. The van der Waals surface area contributed by atoms with Crippen LogP contribution in [0.1, 0.15) is 25.1 Å². The summed E-state index contributed by atoms with van der Waals surface area (Å²) in [5, 5.41) is 7.56. The van der Waals surface area contributed by atoms with Gasteiger partial charge in [-0.25, -0.2) is 9.66 Å². The third-order valence-corrected chi connectivity index (χ3v) is 3.26. The van der Waals surface area contributed by atoms with Gasteiger partial charge in [0, 0.05) is 0 Å². The first kappa shape index (κ1) is 10.1. The van der Waals surface area contributed by atoms with Gasteiger partial charge in [0.1, 0.15) is 11.5 Å². The Morgan fingerprint density at radius 2 is 2.12 bits per heavy atom. The van der Waals surface area contributed by atoms with E-state index in [9.17, 15) is 0 Å². The number of nitrogens with zero attached hydrogens (tertiary/aromatic N) is 4. The van der Waals surface area contributed by atoms with E-state index in [-0.39, 0.29) is 11.5 Å². The molecule has 0 radical (unpaired) electrons. The van der Waals surface area contributed by atoms with Crippen LogP contribution < -0.4 is 17.3 Å². The van der Waals surface area contributed by atoms with Crippen LogP contribution in [0, 0.1) is 0 Å². The highest BCUT2D eigenvalue weighted by Gasteiger charge is 2.37. The topological polar surface area (TPSA) is 137 Å². The van der Waals surface area contributed by atoms with Crippen LogP contribution in [0.25, 0.3) is 11.5 Å². The minimum atomic E-state index is -0.330. The largest absolute Gasteiger partial charge is 0.366 e. The molecule has 0 aliphatic heterocycles. The lowest BCUT2D eigenvalue weighted by Crippen LogP contribution is -2.44. The van der Waals surface area contributed by atoms with Gasteiger partial charge in [-0.05, 0) is 19.3 Å². The number of rotatable bonds is 2. The number of aromatic nitrogens is 5. The van der Waals surface area contributed by atoms with Crippen molar-refractivity contribution in [3.8, 4) is 11.5 Å². The van der Waals surface area contributed by atoms with E-state index < -0.39 is 0 Å². The summed E-state index contributed by atoms with van der Waals surface area (Å²) in [5.74, 6) is 7.05. The number of hydrogen-bond donors (Lipinski definition) is 4. The van der Waals surface area contributed by atoms with E-state index in [1.165, 1.54) is 4.68 Å². The molecule has 0 bridgehead atoms. The number of nitrogen functional groups attached to an aromatic ring is 2. The van der Waals surface area contributed by atoms with Crippen molar-refractivity contribution >= 4 is 5.95 Å². The molecular formula is C9H14N8. The summed E-state index contributed by atoms with van der Waals surface area (Å²) >= 11 is 0. The number of nitrogens with two attached hydrogens (primary N) is 3. The molecule has 17 heavy (non-hydrogen) atoms. The minimum absolute atomic E-state index is 0.155. The predicted molar refractivity (Wildman–Crippen MR) is 61.9 cm³/mol. The van der Waals surface area contributed by atoms with Crippen LogP contribution in [0.5, 0.6) is 0 Å². The fourth-order valence-electron chi connectivity index (χ4n) is 1.97. The van der Waals surface area contributed by atoms with Crippen LogP contribution in [0.2, 0.25) is 0 Å². The summed E-state index contributed by atoms with van der Waals surface area (Å²) in [4.78, 5) is 7.41. The third-order valence-electron chi connectivity index (χ3n) is 3.26. The zero-order chi connectivity index (χ0) is 12.0. The molecule has 8 heteroatoms. The fourth-order valence-corrected chi connectivity index (χ4v) is 1.97. The van der Waals surface area contributed by atoms with Crippen LogP contribution in [0.4, 0.5) is 5.95 Å². The molecule has 1 aliphatic rings. The molecule has 3 rings (SSSR count). The van der Waals surface area contributed by atoms with Crippen molar-refractivity contribution in [1.29, 1.82) is 0 Å². The molecule has 0 unspecified atom stereocenters. The Labute approximate surface area is 97.2 Å². The van der Waals surface area contributed by atoms with Crippen molar-refractivity contribution in [2.24, 2.45) is 5.73 Å². The second kappa shape index (κ2) is 3.20. The van der Waals surface area contributed by atoms with E-state index in [0.29, 0.717) is 11.5 Å². The molecule has 2 heterocycles. The van der Waals surface area contributed by atoms with Gasteiger partial charge in [0.15, 0.2) is 0 Å². The molecule has 0 amide bonds. The van der Waals surface area contributed by atoms with Gasteiger partial charge in [0.25, 0.3) is 0 Å². The van der Waals surface area contributed by atoms with E-state index >= 15 is 0 Å². The highest BCUT2D eigenvalue weighted by atomic mass is 15.4. The first-order valence-corrected chi connectivity index (χ1v) is 5.41. The van der Waals surface area contributed by atoms with Gasteiger partial charge in [-0.15, -0.1) is 10.2 Å². The Morgan fingerprint density at radius 1 is 1.35 bits per heavy atom. The minimum Gasteiger partial charge on any atom is -0.366 e. The van der Waals surface area contributed by atoms with Gasteiger partial charge < -0.3 is 22.3 Å². The quantitative estimate of drug-likeness (QED) is 0.507. The lowest BCUT2D eigenvalue weighted by molar-refractivity contribution is 0.240. The molecule has 90 valence electrons. The van der Waals surface area contributed by atoms with Crippen LogP contribution in [-0.2, 0) is 5.54 Å². The second-order valence-electron chi connectivity index (χ2n) is 4.41. The average molecular weight is 234 g/mol. The zero-order valence-electron chi connectivity index (χ0n) is 9.22. The van der Waals surface area contributed by atoms with Crippen molar-refractivity contribution in [3.05, 3.63) is 12.0 Å². The molecule has 1 fully saturated rings. The number of aromatic amines is 1. The standard InChI is InChI=1S/C9H14N8/c10-8-16-15-6(17(8)12)5-4-13-7(14-5)9(11)2-1-3-9/h4H,1-3,11-12H2,(H2,10,16)(H,13,14). The molecule has 2 aromatic heterocycles. The molecule has 0 spiro atoms. The molecule has 1 saturated carbocycles. The lowest BCUT2D eigenvalue weighted by atomic mass is 9.77. The summed E-state index contributed by atoms with van der Waals surface area (Å²) in [6, 6.07) is 0. The molecule has 0 saturated heterocycles. The van der Waals surface area contributed by atoms with Gasteiger partial charge >= 0.3 is 0 Å². The zero-order valence-corrected chi connectivity index (χ0v) is 9.22. The van der Waals surface area contributed by atoms with E-state index in [0.717, 1.165) is 25.1 Å². The second-order valence-corrected chi connectivity index (χ2v) is 4.41. The van der Waals surface area contributed by atoms with E-state index in [2.05, 4.69) is 20.2 Å². The van der Waals surface area contributed by atoms with Crippen LogP contribution in [0.3, 0.4) is 0 Å². The Morgan fingerprint density at radius 3 is 2.65 bits per heavy atom. The van der Waals surface area contributed by atoms with Crippen molar-refractivity contribution in [3.63, 3.8) is 0 Å². The Hall–Kier alpha value is -2.09. The average Bonchev–Trinajstić information content (AvgIpc) is 2.85. The number of nitrogens with one attached hydrogen (secondary N) is 1. The number of imidazole rings is 1. The summed E-state index contributed by atoms with van der Waals surface area (Å²) < 4.78 is 1.21. The molecular weight excluding hydrogens is 220 g/mol. The fraction of sp³-hybridized carbons (Fsp3) is 0.444. The number of hydrogen-bond acceptors (Lipinski definition) is 6. The van der Waals surface area contributed by atoms with Crippen LogP contribution in [0.15, 0.2) is 6.20 Å². The third kappa shape index (κ3) is 1.37. The van der Waals surface area contributed by atoms with Gasteiger partial charge in [-0.2, -0.15) is 0 Å². The Balaban J connectivity index is 1.98. The monoisotopic (exact) mass is 234 g/mol. The van der Waals surface area contributed by atoms with Crippen LogP contribution >= 0.6 is 0 Å². The van der Waals surface area contributed by atoms with Crippen LogP contribution in [-0.4, -0.2) is 24.8 Å². The predicted octanol–water partition coefficient (Wildman–Crippen LogP) is -0.698. The summed E-state index contributed by atoms with van der Waals surface area (Å²) in [7, 11) is 0. The molecule has 0 atom stereocenters. The Kier molecular flexibility index (Phi) is 1.90. The van der Waals surface area contributed by atoms with Crippen molar-refractivity contribution in [2.75, 3.05) is 11.6 Å². The van der Waals surface area contributed by atoms with Crippen molar-refractivity contribution in [2.45, 2.75) is 24.8 Å². The van der Waals surface area contributed by atoms with Gasteiger partial charge in [-0.1, -0.05) is 0 Å². The van der Waals surface area contributed by atoms with Crippen molar-refractivity contribution in [1.82, 2.24) is 24.8 Å². The summed E-state index contributed by atoms with van der Waals surface area (Å²) in [5.41, 5.74) is 12.0. The maximum Gasteiger partial charge on any atom is 0.241 e. The van der Waals surface area contributed by atoms with Gasteiger partial charge in [-0.3, -0.25) is 0 Å². The maximum absolute atomic E-state index is 6.17. The van der Waals surface area contributed by atoms with E-state index in [1.54, 1.807) is 6.20 Å². The SMILES string of the molecule is Nc1nnc(-c2cnc(C3(N)CCC3)[nH]2)n1N. The molecule has 8 nitrogen and oxygen atoms in total. The molecule has 0 aromatic carbocycles. The van der Waals surface area contributed by atoms with Gasteiger partial charge in [0.2, 0.25) is 11.8 Å². The molecule has 7 N–H and O–H groups in total. The smallest absolute Gasteiger partial charge is 0.241 e. The molecule has 2 aromatic rings. The highest BCUT2D eigenvalue weighted by Crippen LogP contribution is 2.37. The highest BCUT2D eigenvalue weighted by molar-refractivity contribution is 5.51. The number of H-pyrrole nitrogens is 1.